The molecule has 0 unspecified atom stereocenters. The predicted octanol–water partition coefficient (Wildman–Crippen LogP) is 2.60. The van der Waals surface area contributed by atoms with Crippen LogP contribution in [0.3, 0.4) is 0 Å². The van der Waals surface area contributed by atoms with E-state index >= 15 is 0 Å². The Balaban J connectivity index is 1.72. The molecule has 6 nitrogen and oxygen atoms in total. The van der Waals surface area contributed by atoms with Crippen molar-refractivity contribution < 1.29 is 13.2 Å². The SMILES string of the molecule is CCNC(=NCCCOc1ccc2ccccc2c1)NCCCS(C)(=O)=O. The molecule has 0 atom stereocenters. The van der Waals surface area contributed by atoms with E-state index in [9.17, 15) is 8.42 Å². The molecular formula is C20H29N3O3S. The van der Waals surface area contributed by atoms with Crippen molar-refractivity contribution in [3.05, 3.63) is 42.5 Å². The minimum absolute atomic E-state index is 0.180. The number of nitrogens with zero attached hydrogens (tertiary/aromatic N) is 1. The molecule has 7 heteroatoms. The Hall–Kier alpha value is -2.28. The van der Waals surface area contributed by atoms with Crippen LogP contribution >= 0.6 is 0 Å². The smallest absolute Gasteiger partial charge is 0.191 e. The maximum atomic E-state index is 11.1. The van der Waals surface area contributed by atoms with Crippen molar-refractivity contribution in [1.29, 1.82) is 0 Å². The lowest BCUT2D eigenvalue weighted by Gasteiger charge is -2.11. The average Bonchev–Trinajstić information content (AvgIpc) is 2.64. The summed E-state index contributed by atoms with van der Waals surface area (Å²) in [5.41, 5.74) is 0. The Morgan fingerprint density at radius 1 is 1.07 bits per heavy atom. The normalized spacial score (nSPS) is 12.1. The number of hydrogen-bond donors (Lipinski definition) is 2. The van der Waals surface area contributed by atoms with E-state index in [0.717, 1.165) is 18.7 Å². The average molecular weight is 392 g/mol. The lowest BCUT2D eigenvalue weighted by atomic mass is 10.1. The van der Waals surface area contributed by atoms with Gasteiger partial charge in [0.1, 0.15) is 15.6 Å². The molecule has 0 bridgehead atoms. The first kappa shape index (κ1) is 21.0. The molecule has 0 aliphatic carbocycles. The van der Waals surface area contributed by atoms with Crippen LogP contribution in [0.25, 0.3) is 10.8 Å². The van der Waals surface area contributed by atoms with E-state index in [4.69, 9.17) is 4.74 Å². The van der Waals surface area contributed by atoms with E-state index in [-0.39, 0.29) is 5.75 Å². The topological polar surface area (TPSA) is 79.8 Å². The van der Waals surface area contributed by atoms with Crippen molar-refractivity contribution in [3.8, 4) is 5.75 Å². The molecule has 2 aromatic carbocycles. The van der Waals surface area contributed by atoms with Crippen molar-refractivity contribution in [1.82, 2.24) is 10.6 Å². The lowest BCUT2D eigenvalue weighted by molar-refractivity contribution is 0.314. The second-order valence-corrected chi connectivity index (χ2v) is 8.64. The Morgan fingerprint density at radius 2 is 1.85 bits per heavy atom. The molecule has 0 amide bonds. The van der Waals surface area contributed by atoms with Gasteiger partial charge in [0.2, 0.25) is 0 Å². The van der Waals surface area contributed by atoms with Crippen molar-refractivity contribution in [2.24, 2.45) is 4.99 Å². The molecular weight excluding hydrogens is 362 g/mol. The summed E-state index contributed by atoms with van der Waals surface area (Å²) in [6, 6.07) is 14.3. The second-order valence-electron chi connectivity index (χ2n) is 6.38. The molecule has 0 aromatic heterocycles. The van der Waals surface area contributed by atoms with E-state index in [1.165, 1.54) is 17.0 Å². The quantitative estimate of drug-likeness (QED) is 0.370. The van der Waals surface area contributed by atoms with Gasteiger partial charge in [-0.3, -0.25) is 4.99 Å². The highest BCUT2D eigenvalue weighted by Gasteiger charge is 2.02. The number of ether oxygens (including phenoxy) is 1. The molecule has 0 aliphatic heterocycles. The molecule has 2 N–H and O–H groups in total. The Labute approximate surface area is 161 Å². The van der Waals surface area contributed by atoms with Crippen molar-refractivity contribution in [2.75, 3.05) is 38.2 Å². The summed E-state index contributed by atoms with van der Waals surface area (Å²) in [5.74, 6) is 1.75. The van der Waals surface area contributed by atoms with Crippen LogP contribution in [0, 0.1) is 0 Å². The van der Waals surface area contributed by atoms with Crippen LogP contribution in [-0.2, 0) is 9.84 Å². The van der Waals surface area contributed by atoms with Gasteiger partial charge in [-0.05, 0) is 36.2 Å². The summed E-state index contributed by atoms with van der Waals surface area (Å²) < 4.78 is 28.1. The van der Waals surface area contributed by atoms with Gasteiger partial charge in [0.25, 0.3) is 0 Å². The molecule has 0 spiro atoms. The van der Waals surface area contributed by atoms with Gasteiger partial charge in [-0.25, -0.2) is 8.42 Å². The molecule has 0 saturated heterocycles. The van der Waals surface area contributed by atoms with Gasteiger partial charge in [-0.2, -0.15) is 0 Å². The van der Waals surface area contributed by atoms with Crippen LogP contribution in [0.5, 0.6) is 5.75 Å². The second kappa shape index (κ2) is 10.8. The van der Waals surface area contributed by atoms with Crippen LogP contribution in [0.4, 0.5) is 0 Å². The standard InChI is InChI=1S/C20H29N3O3S/c1-3-21-20(23-13-7-15-27(2,24)25)22-12-6-14-26-19-11-10-17-8-4-5-9-18(17)16-19/h4-5,8-11,16H,3,6-7,12-15H2,1-2H3,(H2,21,22,23). The minimum atomic E-state index is -2.92. The number of aliphatic imine (C=N–C) groups is 1. The third-order valence-corrected chi connectivity index (χ3v) is 4.92. The first-order chi connectivity index (χ1) is 13.0. The van der Waals surface area contributed by atoms with Gasteiger partial charge in [0.15, 0.2) is 5.96 Å². The number of benzene rings is 2. The van der Waals surface area contributed by atoms with Crippen LogP contribution < -0.4 is 15.4 Å². The number of nitrogens with one attached hydrogen (secondary N) is 2. The Kier molecular flexibility index (Phi) is 8.39. The highest BCUT2D eigenvalue weighted by molar-refractivity contribution is 7.90. The predicted molar refractivity (Wildman–Crippen MR) is 112 cm³/mol. The number of fused-ring (bicyclic) bond motifs is 1. The number of hydrogen-bond acceptors (Lipinski definition) is 4. The molecule has 0 heterocycles. The van der Waals surface area contributed by atoms with Gasteiger partial charge >= 0.3 is 0 Å². The fraction of sp³-hybridized carbons (Fsp3) is 0.450. The molecule has 2 rings (SSSR count). The summed E-state index contributed by atoms with van der Waals surface area (Å²) in [4.78, 5) is 4.49. The van der Waals surface area contributed by atoms with Gasteiger partial charge in [-0.1, -0.05) is 30.3 Å². The monoisotopic (exact) mass is 391 g/mol. The fourth-order valence-electron chi connectivity index (χ4n) is 2.59. The molecule has 0 radical (unpaired) electrons. The fourth-order valence-corrected chi connectivity index (χ4v) is 3.25. The molecule has 0 saturated carbocycles. The van der Waals surface area contributed by atoms with E-state index in [1.54, 1.807) is 0 Å². The highest BCUT2D eigenvalue weighted by atomic mass is 32.2. The van der Waals surface area contributed by atoms with Gasteiger partial charge in [0, 0.05) is 32.3 Å². The van der Waals surface area contributed by atoms with Crippen LogP contribution in [0.1, 0.15) is 19.8 Å². The van der Waals surface area contributed by atoms with Crippen molar-refractivity contribution >= 4 is 26.6 Å². The van der Waals surface area contributed by atoms with Gasteiger partial charge in [0.05, 0.1) is 12.4 Å². The zero-order valence-corrected chi connectivity index (χ0v) is 16.9. The van der Waals surface area contributed by atoms with Gasteiger partial charge in [-0.15, -0.1) is 0 Å². The lowest BCUT2D eigenvalue weighted by Crippen LogP contribution is -2.38. The van der Waals surface area contributed by atoms with Crippen LogP contribution in [0.2, 0.25) is 0 Å². The Morgan fingerprint density at radius 3 is 2.59 bits per heavy atom. The van der Waals surface area contributed by atoms with E-state index in [1.807, 2.05) is 31.2 Å². The number of rotatable bonds is 10. The zero-order chi connectivity index (χ0) is 19.5. The summed E-state index contributed by atoms with van der Waals surface area (Å²) >= 11 is 0. The highest BCUT2D eigenvalue weighted by Crippen LogP contribution is 2.20. The third-order valence-electron chi connectivity index (χ3n) is 3.89. The molecule has 0 aliphatic rings. The first-order valence-electron chi connectivity index (χ1n) is 9.29. The molecule has 27 heavy (non-hydrogen) atoms. The number of sulfone groups is 1. The van der Waals surface area contributed by atoms with Gasteiger partial charge < -0.3 is 15.4 Å². The first-order valence-corrected chi connectivity index (χ1v) is 11.4. The van der Waals surface area contributed by atoms with Crippen LogP contribution in [0.15, 0.2) is 47.5 Å². The Bertz CT molecular complexity index is 850. The maximum absolute atomic E-state index is 11.1. The third kappa shape index (κ3) is 8.30. The van der Waals surface area contributed by atoms with Crippen LogP contribution in [-0.4, -0.2) is 52.6 Å². The summed E-state index contributed by atoms with van der Waals surface area (Å²) in [6.07, 6.45) is 2.61. The summed E-state index contributed by atoms with van der Waals surface area (Å²) in [7, 11) is -2.92. The zero-order valence-electron chi connectivity index (χ0n) is 16.1. The molecule has 2 aromatic rings. The molecule has 148 valence electrons. The van der Waals surface area contributed by atoms with Crippen molar-refractivity contribution in [2.45, 2.75) is 19.8 Å². The largest absolute Gasteiger partial charge is 0.494 e. The van der Waals surface area contributed by atoms with E-state index in [0.29, 0.717) is 32.1 Å². The molecule has 0 fully saturated rings. The van der Waals surface area contributed by atoms with Crippen molar-refractivity contribution in [3.63, 3.8) is 0 Å². The summed E-state index contributed by atoms with van der Waals surface area (Å²) in [6.45, 7) is 4.55. The minimum Gasteiger partial charge on any atom is -0.494 e. The van der Waals surface area contributed by atoms with E-state index < -0.39 is 9.84 Å². The number of guanidine groups is 1. The van der Waals surface area contributed by atoms with E-state index in [2.05, 4.69) is 33.8 Å². The maximum Gasteiger partial charge on any atom is 0.191 e. The summed E-state index contributed by atoms with van der Waals surface area (Å²) in [5, 5.41) is 8.68.